The first-order valence-corrected chi connectivity index (χ1v) is 10.2. The zero-order chi connectivity index (χ0) is 19.9. The van der Waals surface area contributed by atoms with Crippen molar-refractivity contribution in [2.24, 2.45) is 4.99 Å². The molecule has 1 unspecified atom stereocenters. The molecule has 0 spiro atoms. The summed E-state index contributed by atoms with van der Waals surface area (Å²) in [7, 11) is 3.94. The maximum absolute atomic E-state index is 11.8. The van der Waals surface area contributed by atoms with E-state index in [0.29, 0.717) is 13.0 Å². The van der Waals surface area contributed by atoms with Crippen molar-refractivity contribution in [1.29, 1.82) is 0 Å². The molecule has 9 heteroatoms. The molecule has 1 amide bonds. The standard InChI is InChI=1S/C20H33N7O.HI/c1-4-19(28)27-8-6-17(15-27)24-20(21-2)23-14-16-5-7-22-18(13-16)26-11-9-25(3)10-12-26;/h5,7,13,17H,4,6,8-12,14-15H2,1-3H3,(H2,21,23,24);1H. The first kappa shape index (κ1) is 23.7. The molecule has 0 radical (unpaired) electrons. The number of carbonyl (C=O) groups excluding carboxylic acids is 1. The molecule has 3 rings (SSSR count). The van der Waals surface area contributed by atoms with Crippen LogP contribution in [0, 0.1) is 0 Å². The van der Waals surface area contributed by atoms with Crippen molar-refractivity contribution in [3.8, 4) is 0 Å². The van der Waals surface area contributed by atoms with E-state index in [2.05, 4.69) is 43.5 Å². The number of guanidine groups is 1. The van der Waals surface area contributed by atoms with E-state index in [-0.39, 0.29) is 35.9 Å². The van der Waals surface area contributed by atoms with E-state index < -0.39 is 0 Å². The highest BCUT2D eigenvalue weighted by Crippen LogP contribution is 2.15. The molecule has 162 valence electrons. The molecule has 8 nitrogen and oxygen atoms in total. The molecule has 2 N–H and O–H groups in total. The van der Waals surface area contributed by atoms with Crippen LogP contribution in [0.15, 0.2) is 23.3 Å². The Hall–Kier alpha value is -1.62. The van der Waals surface area contributed by atoms with E-state index in [1.807, 2.05) is 24.1 Å². The Morgan fingerprint density at radius 1 is 1.28 bits per heavy atom. The lowest BCUT2D eigenvalue weighted by atomic mass is 10.2. The predicted molar refractivity (Wildman–Crippen MR) is 128 cm³/mol. The van der Waals surface area contributed by atoms with E-state index in [0.717, 1.165) is 57.5 Å². The Bertz CT molecular complexity index is 691. The van der Waals surface area contributed by atoms with Crippen LogP contribution < -0.4 is 15.5 Å². The second-order valence-electron chi connectivity index (χ2n) is 7.56. The second kappa shape index (κ2) is 11.5. The smallest absolute Gasteiger partial charge is 0.222 e. The van der Waals surface area contributed by atoms with Gasteiger partial charge in [-0.3, -0.25) is 9.79 Å². The van der Waals surface area contributed by atoms with Crippen LogP contribution in [-0.2, 0) is 11.3 Å². The Morgan fingerprint density at radius 3 is 2.72 bits per heavy atom. The van der Waals surface area contributed by atoms with Crippen LogP contribution in [0.2, 0.25) is 0 Å². The van der Waals surface area contributed by atoms with E-state index in [9.17, 15) is 4.79 Å². The van der Waals surface area contributed by atoms with Crippen LogP contribution in [0.3, 0.4) is 0 Å². The van der Waals surface area contributed by atoms with E-state index in [1.165, 1.54) is 5.56 Å². The Labute approximate surface area is 191 Å². The van der Waals surface area contributed by atoms with Gasteiger partial charge in [-0.25, -0.2) is 4.98 Å². The monoisotopic (exact) mass is 515 g/mol. The largest absolute Gasteiger partial charge is 0.354 e. The van der Waals surface area contributed by atoms with Gasteiger partial charge < -0.3 is 25.3 Å². The van der Waals surface area contributed by atoms with Gasteiger partial charge in [0, 0.05) is 71.5 Å². The lowest BCUT2D eigenvalue weighted by Gasteiger charge is -2.33. The van der Waals surface area contributed by atoms with Gasteiger partial charge in [0.15, 0.2) is 5.96 Å². The maximum Gasteiger partial charge on any atom is 0.222 e. The number of hydrogen-bond donors (Lipinski definition) is 2. The van der Waals surface area contributed by atoms with Crippen molar-refractivity contribution < 1.29 is 4.79 Å². The number of rotatable bonds is 5. The topological polar surface area (TPSA) is 76.1 Å². The molecular formula is C20H34IN7O. The number of aromatic nitrogens is 1. The number of aliphatic imine (C=N–C) groups is 1. The van der Waals surface area contributed by atoms with Gasteiger partial charge >= 0.3 is 0 Å². The molecule has 0 bridgehead atoms. The maximum atomic E-state index is 11.8. The minimum Gasteiger partial charge on any atom is -0.354 e. The zero-order valence-electron chi connectivity index (χ0n) is 17.7. The summed E-state index contributed by atoms with van der Waals surface area (Å²) in [5.74, 6) is 2.04. The molecule has 2 fully saturated rings. The van der Waals surface area contributed by atoms with E-state index in [4.69, 9.17) is 0 Å². The average Bonchev–Trinajstić information content (AvgIpc) is 3.20. The zero-order valence-corrected chi connectivity index (χ0v) is 20.1. The fourth-order valence-corrected chi connectivity index (χ4v) is 3.68. The number of hydrogen-bond acceptors (Lipinski definition) is 5. The Morgan fingerprint density at radius 2 is 2.03 bits per heavy atom. The van der Waals surface area contributed by atoms with Crippen LogP contribution in [-0.4, -0.2) is 86.1 Å². The van der Waals surface area contributed by atoms with Crippen LogP contribution >= 0.6 is 24.0 Å². The van der Waals surface area contributed by atoms with Gasteiger partial charge in [0.05, 0.1) is 0 Å². The molecule has 2 aliphatic heterocycles. The molecule has 2 aliphatic rings. The van der Waals surface area contributed by atoms with Gasteiger partial charge in [0.1, 0.15) is 5.82 Å². The van der Waals surface area contributed by atoms with Crippen molar-refractivity contribution in [2.45, 2.75) is 32.4 Å². The first-order chi connectivity index (χ1) is 13.6. The summed E-state index contributed by atoms with van der Waals surface area (Å²) in [4.78, 5) is 27.3. The molecule has 1 aromatic rings. The molecule has 1 atom stereocenters. The number of carbonyl (C=O) groups is 1. The molecule has 29 heavy (non-hydrogen) atoms. The van der Waals surface area contributed by atoms with Crippen LogP contribution in [0.1, 0.15) is 25.3 Å². The molecule has 2 saturated heterocycles. The van der Waals surface area contributed by atoms with Crippen molar-refractivity contribution >= 4 is 41.7 Å². The highest BCUT2D eigenvalue weighted by Gasteiger charge is 2.25. The van der Waals surface area contributed by atoms with Gasteiger partial charge in [0.25, 0.3) is 0 Å². The SMILES string of the molecule is CCC(=O)N1CCC(NC(=NC)NCc2ccnc(N3CCN(C)CC3)c2)C1.I. The molecule has 3 heterocycles. The summed E-state index contributed by atoms with van der Waals surface area (Å²) in [6.45, 7) is 8.33. The molecule has 0 saturated carbocycles. The highest BCUT2D eigenvalue weighted by atomic mass is 127. The third-order valence-electron chi connectivity index (χ3n) is 5.51. The lowest BCUT2D eigenvalue weighted by molar-refractivity contribution is -0.129. The molecule has 1 aromatic heterocycles. The number of likely N-dealkylation sites (N-methyl/N-ethyl adjacent to an activating group) is 1. The van der Waals surface area contributed by atoms with Crippen molar-refractivity contribution in [1.82, 2.24) is 25.4 Å². The van der Waals surface area contributed by atoms with E-state index in [1.54, 1.807) is 7.05 Å². The van der Waals surface area contributed by atoms with Gasteiger partial charge in [-0.2, -0.15) is 0 Å². The fourth-order valence-electron chi connectivity index (χ4n) is 3.68. The lowest BCUT2D eigenvalue weighted by Crippen LogP contribution is -2.45. The number of nitrogens with zero attached hydrogens (tertiary/aromatic N) is 5. The van der Waals surface area contributed by atoms with Crippen LogP contribution in [0.4, 0.5) is 5.82 Å². The molecule has 0 aliphatic carbocycles. The minimum atomic E-state index is 0. The number of piperazine rings is 1. The third-order valence-corrected chi connectivity index (χ3v) is 5.51. The molecular weight excluding hydrogens is 481 g/mol. The normalized spacial score (nSPS) is 20.4. The first-order valence-electron chi connectivity index (χ1n) is 10.2. The van der Waals surface area contributed by atoms with Crippen molar-refractivity contribution in [2.75, 3.05) is 58.3 Å². The third kappa shape index (κ3) is 6.70. The quantitative estimate of drug-likeness (QED) is 0.348. The second-order valence-corrected chi connectivity index (χ2v) is 7.56. The summed E-state index contributed by atoms with van der Waals surface area (Å²) in [6.07, 6.45) is 3.40. The predicted octanol–water partition coefficient (Wildman–Crippen LogP) is 1.13. The number of halogens is 1. The summed E-state index contributed by atoms with van der Waals surface area (Å²) in [5, 5.41) is 6.83. The van der Waals surface area contributed by atoms with Crippen LogP contribution in [0.5, 0.6) is 0 Å². The van der Waals surface area contributed by atoms with Gasteiger partial charge in [-0.1, -0.05) is 6.92 Å². The van der Waals surface area contributed by atoms with Crippen molar-refractivity contribution in [3.05, 3.63) is 23.9 Å². The fraction of sp³-hybridized carbons (Fsp3) is 0.650. The molecule has 0 aromatic carbocycles. The minimum absolute atomic E-state index is 0. The summed E-state index contributed by atoms with van der Waals surface area (Å²) in [5.41, 5.74) is 1.18. The van der Waals surface area contributed by atoms with E-state index >= 15 is 0 Å². The van der Waals surface area contributed by atoms with Gasteiger partial charge in [0.2, 0.25) is 5.91 Å². The van der Waals surface area contributed by atoms with Gasteiger partial charge in [-0.05, 0) is 31.2 Å². The number of nitrogens with one attached hydrogen (secondary N) is 2. The number of likely N-dealkylation sites (tertiary alicyclic amines) is 1. The van der Waals surface area contributed by atoms with Crippen LogP contribution in [0.25, 0.3) is 0 Å². The number of anilines is 1. The summed E-state index contributed by atoms with van der Waals surface area (Å²) in [6, 6.07) is 4.44. The van der Waals surface area contributed by atoms with Crippen molar-refractivity contribution in [3.63, 3.8) is 0 Å². The number of amides is 1. The number of pyridine rings is 1. The highest BCUT2D eigenvalue weighted by molar-refractivity contribution is 14.0. The Kier molecular flexibility index (Phi) is 9.41. The summed E-state index contributed by atoms with van der Waals surface area (Å²) >= 11 is 0. The summed E-state index contributed by atoms with van der Waals surface area (Å²) < 4.78 is 0. The average molecular weight is 515 g/mol. The van der Waals surface area contributed by atoms with Gasteiger partial charge in [-0.15, -0.1) is 24.0 Å². The Balaban J connectivity index is 0.00000300.